The zero-order valence-electron chi connectivity index (χ0n) is 16.7. The summed E-state index contributed by atoms with van der Waals surface area (Å²) in [7, 11) is 0. The Morgan fingerprint density at radius 1 is 1.17 bits per heavy atom. The van der Waals surface area contributed by atoms with E-state index in [1.165, 1.54) is 4.88 Å². The molecule has 158 valence electrons. The van der Waals surface area contributed by atoms with Gasteiger partial charge < -0.3 is 9.84 Å². The molecule has 2 saturated heterocycles. The molecule has 0 aliphatic carbocycles. The summed E-state index contributed by atoms with van der Waals surface area (Å²) in [6, 6.07) is 12.2. The average Bonchev–Trinajstić information content (AvgIpc) is 3.20. The van der Waals surface area contributed by atoms with Crippen molar-refractivity contribution in [2.75, 3.05) is 32.8 Å². The second-order valence-electron chi connectivity index (χ2n) is 8.00. The molecular weight excluding hydrogens is 420 g/mol. The molecule has 2 unspecified atom stereocenters. The van der Waals surface area contributed by atoms with E-state index >= 15 is 0 Å². The third-order valence-electron chi connectivity index (χ3n) is 6.15. The number of thiophene rings is 1. The van der Waals surface area contributed by atoms with Crippen molar-refractivity contribution in [3.8, 4) is 0 Å². The predicted octanol–water partition coefficient (Wildman–Crippen LogP) is 3.57. The summed E-state index contributed by atoms with van der Waals surface area (Å²) in [6.45, 7) is 3.73. The number of nitrogens with zero attached hydrogens (tertiary/aromatic N) is 4. The molecule has 0 amide bonds. The highest BCUT2D eigenvalue weighted by Gasteiger charge is 2.39. The number of aliphatic hydroxyl groups is 1. The maximum atomic E-state index is 11.3. The molecule has 0 bridgehead atoms. The van der Waals surface area contributed by atoms with E-state index in [1.54, 1.807) is 17.7 Å². The van der Waals surface area contributed by atoms with E-state index in [1.807, 2.05) is 36.5 Å². The van der Waals surface area contributed by atoms with Crippen LogP contribution < -0.4 is 0 Å². The van der Waals surface area contributed by atoms with Crippen LogP contribution in [0.4, 0.5) is 0 Å². The topological polar surface area (TPSA) is 61.7 Å². The van der Waals surface area contributed by atoms with Crippen molar-refractivity contribution < 1.29 is 9.84 Å². The molecular formula is C22H25ClN4O2S. The predicted molar refractivity (Wildman–Crippen MR) is 118 cm³/mol. The van der Waals surface area contributed by atoms with E-state index in [2.05, 4.69) is 25.8 Å². The summed E-state index contributed by atoms with van der Waals surface area (Å²) < 4.78 is 6.67. The van der Waals surface area contributed by atoms with Crippen molar-refractivity contribution in [1.82, 2.24) is 19.8 Å². The Balaban J connectivity index is 1.42. The van der Waals surface area contributed by atoms with Gasteiger partial charge in [0.2, 0.25) is 0 Å². The van der Waals surface area contributed by atoms with Gasteiger partial charge in [-0.1, -0.05) is 41.9 Å². The molecule has 3 aromatic rings. The lowest BCUT2D eigenvalue weighted by atomic mass is 9.84. The van der Waals surface area contributed by atoms with E-state index in [-0.39, 0.29) is 11.7 Å². The third kappa shape index (κ3) is 3.98. The van der Waals surface area contributed by atoms with E-state index in [9.17, 15) is 5.11 Å². The second-order valence-corrected chi connectivity index (χ2v) is 9.61. The Bertz CT molecular complexity index is 960. The highest BCUT2D eigenvalue weighted by molar-refractivity contribution is 7.19. The molecule has 0 spiro atoms. The van der Waals surface area contributed by atoms with Gasteiger partial charge in [-0.2, -0.15) is 0 Å². The van der Waals surface area contributed by atoms with Gasteiger partial charge in [0, 0.05) is 37.3 Å². The van der Waals surface area contributed by atoms with E-state index in [0.29, 0.717) is 26.0 Å². The summed E-state index contributed by atoms with van der Waals surface area (Å²) >= 11 is 8.08. The maximum absolute atomic E-state index is 11.3. The number of rotatable bonds is 4. The molecule has 0 radical (unpaired) electrons. The summed E-state index contributed by atoms with van der Waals surface area (Å²) in [5, 5.41) is 11.3. The van der Waals surface area contributed by atoms with Crippen LogP contribution in [-0.2, 0) is 10.3 Å². The van der Waals surface area contributed by atoms with Crippen molar-refractivity contribution in [1.29, 1.82) is 0 Å². The van der Waals surface area contributed by atoms with Crippen LogP contribution in [0.1, 0.15) is 29.4 Å². The van der Waals surface area contributed by atoms with Gasteiger partial charge in [-0.15, -0.1) is 11.3 Å². The van der Waals surface area contributed by atoms with Crippen molar-refractivity contribution >= 4 is 33.2 Å². The first-order chi connectivity index (χ1) is 14.6. The van der Waals surface area contributed by atoms with Crippen molar-refractivity contribution in [3.05, 3.63) is 59.4 Å². The third-order valence-corrected chi connectivity index (χ3v) is 7.52. The van der Waals surface area contributed by atoms with Gasteiger partial charge in [0.15, 0.2) is 0 Å². The Hall–Kier alpha value is -1.61. The molecule has 1 N–H and O–H groups in total. The summed E-state index contributed by atoms with van der Waals surface area (Å²) in [5.41, 5.74) is 0.907. The molecule has 2 aromatic heterocycles. The Morgan fingerprint density at radius 2 is 1.97 bits per heavy atom. The van der Waals surface area contributed by atoms with Crippen LogP contribution in [0.2, 0.25) is 0 Å². The lowest BCUT2D eigenvalue weighted by molar-refractivity contribution is -0.0857. The average molecular weight is 445 g/mol. The van der Waals surface area contributed by atoms with Crippen molar-refractivity contribution in [3.63, 3.8) is 0 Å². The minimum Gasteiger partial charge on any atom is -0.385 e. The number of hydrogen-bond donors (Lipinski definition) is 1. The number of morpholine rings is 1. The molecule has 2 atom stereocenters. The van der Waals surface area contributed by atoms with Crippen LogP contribution in [0.5, 0.6) is 0 Å². The van der Waals surface area contributed by atoms with Crippen LogP contribution in [0.3, 0.4) is 0 Å². The molecule has 4 heterocycles. The normalized spacial score (nSPS) is 24.1. The van der Waals surface area contributed by atoms with Crippen LogP contribution in [0, 0.1) is 0 Å². The van der Waals surface area contributed by atoms with Gasteiger partial charge in [-0.3, -0.25) is 9.80 Å². The SMILES string of the molecule is OC1(c2ccccc2)CCN(C(c2cc3ncncc3s2)N2CCOC(Cl)C2)CC1. The Kier molecular flexibility index (Phi) is 5.75. The fourth-order valence-electron chi connectivity index (χ4n) is 4.55. The smallest absolute Gasteiger partial charge is 0.143 e. The van der Waals surface area contributed by atoms with Gasteiger partial charge in [-0.25, -0.2) is 9.97 Å². The molecule has 2 fully saturated rings. The van der Waals surface area contributed by atoms with E-state index in [4.69, 9.17) is 16.3 Å². The quantitative estimate of drug-likeness (QED) is 0.621. The van der Waals surface area contributed by atoms with Crippen LogP contribution in [-0.4, -0.2) is 63.2 Å². The van der Waals surface area contributed by atoms with Crippen LogP contribution >= 0.6 is 22.9 Å². The molecule has 2 aliphatic rings. The van der Waals surface area contributed by atoms with E-state index in [0.717, 1.165) is 35.4 Å². The fraction of sp³-hybridized carbons (Fsp3) is 0.455. The molecule has 0 saturated carbocycles. The largest absolute Gasteiger partial charge is 0.385 e. The van der Waals surface area contributed by atoms with Crippen LogP contribution in [0.25, 0.3) is 10.2 Å². The minimum absolute atomic E-state index is 0.0923. The number of ether oxygens (including phenoxy) is 1. The number of hydrogen-bond acceptors (Lipinski definition) is 7. The minimum atomic E-state index is -0.770. The van der Waals surface area contributed by atoms with Gasteiger partial charge in [0.05, 0.1) is 28.6 Å². The van der Waals surface area contributed by atoms with Crippen molar-refractivity contribution in [2.24, 2.45) is 0 Å². The van der Waals surface area contributed by atoms with Crippen molar-refractivity contribution in [2.45, 2.75) is 30.2 Å². The Labute approximate surface area is 185 Å². The molecule has 2 aliphatic heterocycles. The molecule has 6 nitrogen and oxygen atoms in total. The summed E-state index contributed by atoms with van der Waals surface area (Å²) in [5.74, 6) is 0. The van der Waals surface area contributed by atoms with Gasteiger partial charge >= 0.3 is 0 Å². The first kappa shape index (κ1) is 20.3. The number of alkyl halides is 1. The zero-order valence-corrected chi connectivity index (χ0v) is 18.2. The number of piperidine rings is 1. The first-order valence-corrected chi connectivity index (χ1v) is 11.6. The van der Waals surface area contributed by atoms with Gasteiger partial charge in [0.25, 0.3) is 0 Å². The summed E-state index contributed by atoms with van der Waals surface area (Å²) in [6.07, 6.45) is 4.97. The number of fused-ring (bicyclic) bond motifs is 1. The zero-order chi connectivity index (χ0) is 20.6. The number of benzene rings is 1. The highest BCUT2D eigenvalue weighted by Crippen LogP contribution is 2.40. The van der Waals surface area contributed by atoms with E-state index < -0.39 is 5.60 Å². The summed E-state index contributed by atoms with van der Waals surface area (Å²) in [4.78, 5) is 14.7. The highest BCUT2D eigenvalue weighted by atomic mass is 35.5. The Morgan fingerprint density at radius 3 is 2.70 bits per heavy atom. The van der Waals surface area contributed by atoms with Crippen LogP contribution in [0.15, 0.2) is 48.9 Å². The molecule has 30 heavy (non-hydrogen) atoms. The lowest BCUT2D eigenvalue weighted by Gasteiger charge is -2.46. The molecule has 5 rings (SSSR count). The monoisotopic (exact) mass is 444 g/mol. The first-order valence-electron chi connectivity index (χ1n) is 10.3. The van der Waals surface area contributed by atoms with Gasteiger partial charge in [0.1, 0.15) is 11.9 Å². The van der Waals surface area contributed by atoms with Gasteiger partial charge in [-0.05, 0) is 24.5 Å². The molecule has 1 aromatic carbocycles. The fourth-order valence-corrected chi connectivity index (χ4v) is 5.97. The number of likely N-dealkylation sites (tertiary alicyclic amines) is 1. The number of aromatic nitrogens is 2. The molecule has 8 heteroatoms. The maximum Gasteiger partial charge on any atom is 0.143 e. The number of halogens is 1. The lowest BCUT2D eigenvalue weighted by Crippen LogP contribution is -2.52. The second kappa shape index (κ2) is 8.49. The standard InChI is InChI=1S/C22H25ClN4O2S/c23-20-14-27(10-11-29-20)21(18-12-17-19(30-18)13-24-15-25-17)26-8-6-22(28,7-9-26)16-4-2-1-3-5-16/h1-5,12-13,15,20-21,28H,6-11,14H2.